The van der Waals surface area contributed by atoms with Gasteiger partial charge in [0, 0.05) is 19.2 Å². The van der Waals surface area contributed by atoms with Gasteiger partial charge in [0.1, 0.15) is 6.04 Å². The zero-order valence-electron chi connectivity index (χ0n) is 16.5. The minimum absolute atomic E-state index is 0.0300. The Balaban J connectivity index is 1.15. The van der Waals surface area contributed by atoms with E-state index in [4.69, 9.17) is 4.74 Å². The zero-order valence-corrected chi connectivity index (χ0v) is 16.5. The Bertz CT molecular complexity index is 764. The van der Waals surface area contributed by atoms with Crippen molar-refractivity contribution in [3.8, 4) is 0 Å². The van der Waals surface area contributed by atoms with E-state index in [9.17, 15) is 9.59 Å². The number of nitrogens with zero attached hydrogens (tertiary/aromatic N) is 2. The molecule has 4 atom stereocenters. The number of urea groups is 1. The highest BCUT2D eigenvalue weighted by Crippen LogP contribution is 2.43. The first-order valence-corrected chi connectivity index (χ1v) is 11.1. The van der Waals surface area contributed by atoms with Crippen LogP contribution in [0.4, 0.5) is 4.79 Å². The molecule has 28 heavy (non-hydrogen) atoms. The molecule has 0 N–H and O–H groups in total. The number of amides is 3. The van der Waals surface area contributed by atoms with Crippen LogP contribution in [0.2, 0.25) is 0 Å². The maximum Gasteiger partial charge on any atom is 0.327 e. The summed E-state index contributed by atoms with van der Waals surface area (Å²) in [4.78, 5) is 29.1. The molecular weight excluding hydrogens is 352 g/mol. The number of imide groups is 1. The van der Waals surface area contributed by atoms with Crippen LogP contribution in [0.15, 0.2) is 24.3 Å². The molecule has 5 nitrogen and oxygen atoms in total. The van der Waals surface area contributed by atoms with E-state index in [1.165, 1.54) is 35.3 Å². The van der Waals surface area contributed by atoms with Crippen LogP contribution in [0.25, 0.3) is 0 Å². The second kappa shape index (κ2) is 7.51. The first-order chi connectivity index (χ1) is 13.7. The summed E-state index contributed by atoms with van der Waals surface area (Å²) in [5, 5.41) is 0. The molecule has 1 saturated carbocycles. The molecule has 4 aliphatic rings. The van der Waals surface area contributed by atoms with Crippen molar-refractivity contribution >= 4 is 11.9 Å². The molecule has 5 rings (SSSR count). The van der Waals surface area contributed by atoms with Crippen molar-refractivity contribution in [2.45, 2.75) is 76.0 Å². The van der Waals surface area contributed by atoms with E-state index in [1.54, 1.807) is 0 Å². The Morgan fingerprint density at radius 2 is 1.89 bits per heavy atom. The first-order valence-electron chi connectivity index (χ1n) is 11.1. The highest BCUT2D eigenvalue weighted by Gasteiger charge is 2.55. The lowest BCUT2D eigenvalue weighted by Crippen LogP contribution is -2.41. The topological polar surface area (TPSA) is 49.9 Å². The molecule has 3 amide bonds. The number of benzene rings is 1. The Kier molecular flexibility index (Phi) is 4.87. The predicted molar refractivity (Wildman–Crippen MR) is 106 cm³/mol. The van der Waals surface area contributed by atoms with Crippen LogP contribution in [0.1, 0.15) is 68.6 Å². The van der Waals surface area contributed by atoms with Crippen LogP contribution in [-0.4, -0.2) is 47.0 Å². The van der Waals surface area contributed by atoms with Crippen LogP contribution < -0.4 is 0 Å². The number of aryl methyl sites for hydroxylation is 1. The van der Waals surface area contributed by atoms with Crippen molar-refractivity contribution in [2.24, 2.45) is 5.92 Å². The van der Waals surface area contributed by atoms with E-state index in [1.807, 2.05) is 4.90 Å². The van der Waals surface area contributed by atoms with Crippen molar-refractivity contribution in [1.82, 2.24) is 9.80 Å². The molecule has 2 heterocycles. The minimum Gasteiger partial charge on any atom is -0.373 e. The molecule has 1 aromatic rings. The molecule has 1 aromatic carbocycles. The minimum atomic E-state index is -0.188. The summed E-state index contributed by atoms with van der Waals surface area (Å²) in [5.74, 6) is 0.575. The smallest absolute Gasteiger partial charge is 0.327 e. The van der Waals surface area contributed by atoms with E-state index >= 15 is 0 Å². The van der Waals surface area contributed by atoms with Gasteiger partial charge < -0.3 is 9.64 Å². The van der Waals surface area contributed by atoms with Gasteiger partial charge in [0.15, 0.2) is 0 Å². The third-order valence-corrected chi connectivity index (χ3v) is 7.25. The maximum absolute atomic E-state index is 12.9. The summed E-state index contributed by atoms with van der Waals surface area (Å²) < 4.78 is 6.16. The standard InChI is InChI=1S/C23H30N2O3/c26-22-20-15-17-8-2-4-11-19(17)25(20)23(27)24(22)13-6-14-28-21-12-5-9-16-7-1-3-10-18(16)21/h1,3,7,10,17,19-21H,2,4-6,8-9,11-15H2. The quantitative estimate of drug-likeness (QED) is 0.570. The number of ether oxygens (including phenoxy) is 1. The molecule has 4 unspecified atom stereocenters. The van der Waals surface area contributed by atoms with Crippen molar-refractivity contribution in [3.63, 3.8) is 0 Å². The Morgan fingerprint density at radius 3 is 2.82 bits per heavy atom. The number of hydrogen-bond donors (Lipinski definition) is 0. The molecule has 2 aliphatic heterocycles. The van der Waals surface area contributed by atoms with E-state index in [-0.39, 0.29) is 24.1 Å². The lowest BCUT2D eigenvalue weighted by Gasteiger charge is -2.31. The highest BCUT2D eigenvalue weighted by molar-refractivity contribution is 6.04. The lowest BCUT2D eigenvalue weighted by atomic mass is 9.84. The van der Waals surface area contributed by atoms with E-state index in [2.05, 4.69) is 24.3 Å². The number of carbonyl (C=O) groups is 2. The molecule has 2 saturated heterocycles. The summed E-state index contributed by atoms with van der Waals surface area (Å²) in [5.41, 5.74) is 2.71. The van der Waals surface area contributed by atoms with Gasteiger partial charge in [0.2, 0.25) is 0 Å². The summed E-state index contributed by atoms with van der Waals surface area (Å²) in [6, 6.07) is 8.59. The number of fused-ring (bicyclic) bond motifs is 4. The average molecular weight is 383 g/mol. The van der Waals surface area contributed by atoms with Crippen LogP contribution >= 0.6 is 0 Å². The van der Waals surface area contributed by atoms with Crippen molar-refractivity contribution < 1.29 is 14.3 Å². The Morgan fingerprint density at radius 1 is 1.04 bits per heavy atom. The van der Waals surface area contributed by atoms with Gasteiger partial charge in [-0.05, 0) is 62.0 Å². The number of carbonyl (C=O) groups excluding carboxylic acids is 2. The Hall–Kier alpha value is -1.88. The van der Waals surface area contributed by atoms with Crippen molar-refractivity contribution in [3.05, 3.63) is 35.4 Å². The fraction of sp³-hybridized carbons (Fsp3) is 0.652. The normalized spacial score (nSPS) is 31.7. The molecule has 3 fully saturated rings. The largest absolute Gasteiger partial charge is 0.373 e. The van der Waals surface area contributed by atoms with Crippen molar-refractivity contribution in [1.29, 1.82) is 0 Å². The van der Waals surface area contributed by atoms with Gasteiger partial charge in [-0.2, -0.15) is 0 Å². The SMILES string of the molecule is O=C1C2CC3CCCCC3N2C(=O)N1CCCOC1CCCc2ccccc21. The van der Waals surface area contributed by atoms with Crippen LogP contribution in [0.5, 0.6) is 0 Å². The van der Waals surface area contributed by atoms with E-state index in [0.29, 0.717) is 31.5 Å². The summed E-state index contributed by atoms with van der Waals surface area (Å²) in [6.45, 7) is 1.07. The molecular formula is C23H30N2O3. The average Bonchev–Trinajstić information content (AvgIpc) is 3.22. The van der Waals surface area contributed by atoms with Gasteiger partial charge in [-0.15, -0.1) is 0 Å². The second-order valence-corrected chi connectivity index (χ2v) is 8.85. The first kappa shape index (κ1) is 18.2. The van der Waals surface area contributed by atoms with Gasteiger partial charge in [0.05, 0.1) is 6.10 Å². The van der Waals surface area contributed by atoms with Gasteiger partial charge in [-0.25, -0.2) is 4.79 Å². The highest BCUT2D eigenvalue weighted by atomic mass is 16.5. The van der Waals surface area contributed by atoms with Crippen LogP contribution in [-0.2, 0) is 16.0 Å². The molecule has 2 aliphatic carbocycles. The summed E-state index contributed by atoms with van der Waals surface area (Å²) >= 11 is 0. The molecule has 0 bridgehead atoms. The summed E-state index contributed by atoms with van der Waals surface area (Å²) in [7, 11) is 0. The Labute approximate surface area is 167 Å². The maximum atomic E-state index is 12.9. The molecule has 150 valence electrons. The zero-order chi connectivity index (χ0) is 19.1. The number of rotatable bonds is 5. The van der Waals surface area contributed by atoms with E-state index in [0.717, 1.165) is 32.1 Å². The molecule has 0 spiro atoms. The third-order valence-electron chi connectivity index (χ3n) is 7.25. The molecule has 0 aromatic heterocycles. The summed E-state index contributed by atoms with van der Waals surface area (Å²) in [6.07, 6.45) is 9.76. The van der Waals surface area contributed by atoms with E-state index < -0.39 is 0 Å². The fourth-order valence-corrected chi connectivity index (χ4v) is 5.91. The molecule has 0 radical (unpaired) electrons. The van der Waals surface area contributed by atoms with Gasteiger partial charge in [0.25, 0.3) is 5.91 Å². The monoisotopic (exact) mass is 382 g/mol. The third kappa shape index (κ3) is 3.04. The predicted octanol–water partition coefficient (Wildman–Crippen LogP) is 4.07. The fourth-order valence-electron chi connectivity index (χ4n) is 5.91. The van der Waals surface area contributed by atoms with Crippen LogP contribution in [0.3, 0.4) is 0 Å². The van der Waals surface area contributed by atoms with Gasteiger partial charge in [-0.1, -0.05) is 37.1 Å². The van der Waals surface area contributed by atoms with Crippen LogP contribution in [0, 0.1) is 5.92 Å². The second-order valence-electron chi connectivity index (χ2n) is 8.85. The lowest BCUT2D eigenvalue weighted by molar-refractivity contribution is -0.128. The van der Waals surface area contributed by atoms with Crippen molar-refractivity contribution in [2.75, 3.05) is 13.2 Å². The van der Waals surface area contributed by atoms with Gasteiger partial charge in [-0.3, -0.25) is 9.69 Å². The number of hydrogen-bond acceptors (Lipinski definition) is 3. The van der Waals surface area contributed by atoms with Gasteiger partial charge >= 0.3 is 6.03 Å². The molecule has 5 heteroatoms.